The summed E-state index contributed by atoms with van der Waals surface area (Å²) in [7, 11) is 0. The second-order valence-electron chi connectivity index (χ2n) is 13.3. The number of nitrogens with zero attached hydrogens (tertiary/aromatic N) is 3. The van der Waals surface area contributed by atoms with Gasteiger partial charge in [0.05, 0.1) is 27.8 Å². The van der Waals surface area contributed by atoms with E-state index in [1.54, 1.807) is 0 Å². The van der Waals surface area contributed by atoms with Crippen LogP contribution in [0, 0.1) is 0 Å². The van der Waals surface area contributed by atoms with Crippen LogP contribution in [0.2, 0.25) is 0 Å². The molecule has 0 unspecified atom stereocenters. The van der Waals surface area contributed by atoms with Crippen LogP contribution in [0.3, 0.4) is 0 Å². The fourth-order valence-electron chi connectivity index (χ4n) is 8.05. The number of aromatic nitrogens is 3. The quantitative estimate of drug-likeness (QED) is 0.198. The van der Waals surface area contributed by atoms with Crippen LogP contribution in [0.1, 0.15) is 25.0 Å². The number of pyridine rings is 1. The van der Waals surface area contributed by atoms with Gasteiger partial charge in [-0.2, -0.15) is 0 Å². The Morgan fingerprint density at radius 1 is 0.447 bits per heavy atom. The third-order valence-electron chi connectivity index (χ3n) is 10.4. The van der Waals surface area contributed by atoms with Crippen LogP contribution in [-0.4, -0.2) is 14.1 Å². The maximum Gasteiger partial charge on any atom is 0.0612 e. The number of para-hydroxylation sites is 2. The van der Waals surface area contributed by atoms with Crippen molar-refractivity contribution >= 4 is 43.6 Å². The maximum absolute atomic E-state index is 4.75. The van der Waals surface area contributed by atoms with Crippen LogP contribution < -0.4 is 0 Å². The van der Waals surface area contributed by atoms with Gasteiger partial charge in [0.1, 0.15) is 0 Å². The zero-order valence-corrected chi connectivity index (χ0v) is 26.3. The molecular weight excluding hydrogens is 571 g/mol. The van der Waals surface area contributed by atoms with Crippen molar-refractivity contribution in [1.29, 1.82) is 0 Å². The summed E-state index contributed by atoms with van der Waals surface area (Å²) in [5.74, 6) is 0. The van der Waals surface area contributed by atoms with Gasteiger partial charge in [0.25, 0.3) is 0 Å². The van der Waals surface area contributed by atoms with Crippen molar-refractivity contribution in [3.8, 4) is 33.6 Å². The molecule has 0 fully saturated rings. The Morgan fingerprint density at radius 2 is 1.11 bits per heavy atom. The fourth-order valence-corrected chi connectivity index (χ4v) is 8.05. The van der Waals surface area contributed by atoms with E-state index in [4.69, 9.17) is 4.98 Å². The standard InChI is InChI=1S/C44H31N3/c1-44(2)37-13-7-9-15-41(37)47-40-23-19-30(24-35(40)36-26-45-27-38(44)43(36)47)29-16-20-32(21-17-29)46-39-14-8-6-12-33(39)34-22-18-31(25-42(34)46)28-10-4-3-5-11-28/h3-27H,1-2H3. The first-order chi connectivity index (χ1) is 23.1. The fraction of sp³-hybridized carbons (Fsp3) is 0.0682. The van der Waals surface area contributed by atoms with Gasteiger partial charge in [-0.05, 0) is 70.3 Å². The summed E-state index contributed by atoms with van der Waals surface area (Å²) in [4.78, 5) is 4.75. The van der Waals surface area contributed by atoms with Gasteiger partial charge in [-0.15, -0.1) is 0 Å². The number of hydrogen-bond donors (Lipinski definition) is 0. The second kappa shape index (κ2) is 9.54. The van der Waals surface area contributed by atoms with Crippen LogP contribution in [0.5, 0.6) is 0 Å². The van der Waals surface area contributed by atoms with Crippen molar-refractivity contribution in [2.75, 3.05) is 0 Å². The van der Waals surface area contributed by atoms with Crippen LogP contribution >= 0.6 is 0 Å². The maximum atomic E-state index is 4.75. The topological polar surface area (TPSA) is 22.8 Å². The van der Waals surface area contributed by atoms with E-state index in [1.807, 2.05) is 6.20 Å². The molecule has 9 aromatic rings. The van der Waals surface area contributed by atoms with Gasteiger partial charge >= 0.3 is 0 Å². The zero-order valence-electron chi connectivity index (χ0n) is 26.3. The predicted octanol–water partition coefficient (Wildman–Crippen LogP) is 11.2. The van der Waals surface area contributed by atoms with Gasteiger partial charge < -0.3 is 9.13 Å². The van der Waals surface area contributed by atoms with Crippen molar-refractivity contribution in [2.24, 2.45) is 0 Å². The van der Waals surface area contributed by atoms with E-state index in [0.717, 1.165) is 5.69 Å². The van der Waals surface area contributed by atoms with E-state index >= 15 is 0 Å². The van der Waals surface area contributed by atoms with Crippen LogP contribution in [0.25, 0.3) is 77.2 Å². The lowest BCUT2D eigenvalue weighted by molar-refractivity contribution is 0.627. The monoisotopic (exact) mass is 601 g/mol. The molecule has 0 saturated carbocycles. The molecule has 0 atom stereocenters. The number of rotatable bonds is 3. The third kappa shape index (κ3) is 3.65. The molecule has 0 spiro atoms. The van der Waals surface area contributed by atoms with Crippen LogP contribution in [0.15, 0.2) is 152 Å². The van der Waals surface area contributed by atoms with Crippen molar-refractivity contribution in [3.63, 3.8) is 0 Å². The summed E-state index contributed by atoms with van der Waals surface area (Å²) >= 11 is 0. The molecule has 0 N–H and O–H groups in total. The van der Waals surface area contributed by atoms with Crippen molar-refractivity contribution in [3.05, 3.63) is 163 Å². The molecule has 47 heavy (non-hydrogen) atoms. The lowest BCUT2D eigenvalue weighted by Gasteiger charge is -2.34. The van der Waals surface area contributed by atoms with E-state index in [-0.39, 0.29) is 5.41 Å². The highest BCUT2D eigenvalue weighted by molar-refractivity contribution is 6.12. The summed E-state index contributed by atoms with van der Waals surface area (Å²) in [5.41, 5.74) is 14.7. The molecule has 0 radical (unpaired) electrons. The van der Waals surface area contributed by atoms with Gasteiger partial charge in [-0.3, -0.25) is 4.98 Å². The first kappa shape index (κ1) is 26.3. The van der Waals surface area contributed by atoms with Crippen molar-refractivity contribution < 1.29 is 0 Å². The molecular formula is C44H31N3. The first-order valence-corrected chi connectivity index (χ1v) is 16.3. The van der Waals surface area contributed by atoms with Crippen molar-refractivity contribution in [2.45, 2.75) is 19.3 Å². The van der Waals surface area contributed by atoms with Gasteiger partial charge in [-0.1, -0.05) is 111 Å². The molecule has 0 aliphatic carbocycles. The lowest BCUT2D eigenvalue weighted by atomic mass is 9.75. The van der Waals surface area contributed by atoms with Gasteiger partial charge in [0, 0.05) is 50.6 Å². The molecule has 1 aliphatic heterocycles. The minimum Gasteiger partial charge on any atom is -0.309 e. The molecule has 10 rings (SSSR count). The molecule has 0 amide bonds. The molecule has 1 aliphatic rings. The minimum atomic E-state index is -0.124. The molecule has 3 nitrogen and oxygen atoms in total. The Kier molecular flexibility index (Phi) is 5.34. The van der Waals surface area contributed by atoms with Crippen LogP contribution in [-0.2, 0) is 5.41 Å². The smallest absolute Gasteiger partial charge is 0.0612 e. The second-order valence-corrected chi connectivity index (χ2v) is 13.3. The Hall–Kier alpha value is -5.93. The summed E-state index contributed by atoms with van der Waals surface area (Å²) in [6, 6.07) is 50.9. The first-order valence-electron chi connectivity index (χ1n) is 16.3. The molecule has 0 saturated heterocycles. The largest absolute Gasteiger partial charge is 0.309 e. The normalized spacial score (nSPS) is 13.5. The van der Waals surface area contributed by atoms with Gasteiger partial charge in [-0.25, -0.2) is 0 Å². The van der Waals surface area contributed by atoms with E-state index in [2.05, 4.69) is 169 Å². The zero-order chi connectivity index (χ0) is 31.3. The Morgan fingerprint density at radius 3 is 1.98 bits per heavy atom. The van der Waals surface area contributed by atoms with E-state index < -0.39 is 0 Å². The number of hydrogen-bond acceptors (Lipinski definition) is 1. The van der Waals surface area contributed by atoms with E-state index in [1.165, 1.54) is 82.7 Å². The summed E-state index contributed by atoms with van der Waals surface area (Å²) in [5, 5.41) is 4.97. The minimum absolute atomic E-state index is 0.124. The summed E-state index contributed by atoms with van der Waals surface area (Å²) in [6.07, 6.45) is 4.10. The molecule has 3 aromatic heterocycles. The van der Waals surface area contributed by atoms with Gasteiger partial charge in [0.2, 0.25) is 0 Å². The molecule has 0 bridgehead atoms. The number of benzene rings is 6. The molecule has 6 aromatic carbocycles. The van der Waals surface area contributed by atoms with E-state index in [0.29, 0.717) is 0 Å². The van der Waals surface area contributed by atoms with E-state index in [9.17, 15) is 0 Å². The van der Waals surface area contributed by atoms with Crippen molar-refractivity contribution in [1.82, 2.24) is 14.1 Å². The average Bonchev–Trinajstić information content (AvgIpc) is 3.64. The highest BCUT2D eigenvalue weighted by Gasteiger charge is 2.35. The Labute approximate surface area is 273 Å². The Balaban J connectivity index is 1.12. The lowest BCUT2D eigenvalue weighted by Crippen LogP contribution is -2.26. The summed E-state index contributed by atoms with van der Waals surface area (Å²) in [6.45, 7) is 4.63. The SMILES string of the molecule is CC1(C)c2ccccc2-n2c3ccc(-c4ccc(-n5c6ccccc6c6ccc(-c7ccccc7)cc65)cc4)cc3c3cncc1c32. The molecule has 222 valence electrons. The third-order valence-corrected chi connectivity index (χ3v) is 10.4. The molecule has 4 heterocycles. The Bertz CT molecular complexity index is 2690. The predicted molar refractivity (Wildman–Crippen MR) is 196 cm³/mol. The van der Waals surface area contributed by atoms with Gasteiger partial charge in [0.15, 0.2) is 0 Å². The molecule has 3 heteroatoms. The highest BCUT2D eigenvalue weighted by atomic mass is 15.0. The van der Waals surface area contributed by atoms with Crippen LogP contribution in [0.4, 0.5) is 0 Å². The number of fused-ring (bicyclic) bond motifs is 8. The highest BCUT2D eigenvalue weighted by Crippen LogP contribution is 2.47. The average molecular weight is 602 g/mol. The summed E-state index contributed by atoms with van der Waals surface area (Å²) < 4.78 is 4.85.